The van der Waals surface area contributed by atoms with Crippen molar-refractivity contribution in [3.8, 4) is 21.7 Å². The van der Waals surface area contributed by atoms with Crippen molar-refractivity contribution in [1.29, 1.82) is 0 Å². The minimum atomic E-state index is -0.0692. The molecule has 5 rings (SSSR count). The third-order valence-electron chi connectivity index (χ3n) is 4.24. The van der Waals surface area contributed by atoms with Crippen molar-refractivity contribution in [1.82, 2.24) is 19.9 Å². The Morgan fingerprint density at radius 2 is 2.08 bits per heavy atom. The first-order valence-electron chi connectivity index (χ1n) is 7.98. The Morgan fingerprint density at radius 3 is 2.92 bits per heavy atom. The number of nitrogens with zero attached hydrogens (tertiary/aromatic N) is 3. The topological polar surface area (TPSA) is 84.7 Å². The molecule has 1 N–H and O–H groups in total. The summed E-state index contributed by atoms with van der Waals surface area (Å²) in [5, 5.41) is 1.50. The maximum absolute atomic E-state index is 12.3. The first-order chi connectivity index (χ1) is 12.7. The van der Waals surface area contributed by atoms with Gasteiger partial charge in [0.05, 0.1) is 21.0 Å². The molecule has 5 aromatic rings. The number of aromatic amines is 1. The van der Waals surface area contributed by atoms with E-state index >= 15 is 0 Å². The molecule has 0 saturated carbocycles. The average molecular weight is 360 g/mol. The molecule has 0 aliphatic heterocycles. The highest BCUT2D eigenvalue weighted by atomic mass is 32.1. The number of hydrogen-bond donors (Lipinski definition) is 1. The number of hydrogen-bond acceptors (Lipinski definition) is 6. The smallest absolute Gasteiger partial charge is 0.191 e. The second kappa shape index (κ2) is 5.60. The van der Waals surface area contributed by atoms with Gasteiger partial charge >= 0.3 is 0 Å². The molecule has 4 aromatic heterocycles. The summed E-state index contributed by atoms with van der Waals surface area (Å²) in [6.45, 7) is 1.96. The van der Waals surface area contributed by atoms with E-state index in [-0.39, 0.29) is 5.43 Å². The van der Waals surface area contributed by atoms with Gasteiger partial charge in [-0.15, -0.1) is 11.3 Å². The van der Waals surface area contributed by atoms with Gasteiger partial charge in [-0.25, -0.2) is 15.0 Å². The summed E-state index contributed by atoms with van der Waals surface area (Å²) in [5.41, 5.74) is 4.52. The van der Waals surface area contributed by atoms with Crippen LogP contribution in [0.1, 0.15) is 5.01 Å². The molecule has 0 aliphatic rings. The zero-order valence-corrected chi connectivity index (χ0v) is 14.5. The molecule has 0 bridgehead atoms. The fourth-order valence-corrected chi connectivity index (χ4v) is 3.78. The fourth-order valence-electron chi connectivity index (χ4n) is 3.00. The number of nitrogens with one attached hydrogen (secondary N) is 1. The van der Waals surface area contributed by atoms with E-state index in [4.69, 9.17) is 9.40 Å². The predicted octanol–water partition coefficient (Wildman–Crippen LogP) is 4.16. The average Bonchev–Trinajstić information content (AvgIpc) is 3.29. The summed E-state index contributed by atoms with van der Waals surface area (Å²) in [6, 6.07) is 9.16. The zero-order chi connectivity index (χ0) is 17.7. The molecule has 26 heavy (non-hydrogen) atoms. The Bertz CT molecular complexity index is 1330. The Balaban J connectivity index is 1.86. The normalized spacial score (nSPS) is 11.4. The quantitative estimate of drug-likeness (QED) is 0.511. The van der Waals surface area contributed by atoms with Crippen LogP contribution in [-0.4, -0.2) is 19.9 Å². The van der Waals surface area contributed by atoms with Crippen molar-refractivity contribution < 1.29 is 4.42 Å². The van der Waals surface area contributed by atoms with Crippen LogP contribution in [0, 0.1) is 6.92 Å². The van der Waals surface area contributed by atoms with Crippen LogP contribution in [0.3, 0.4) is 0 Å². The zero-order valence-electron chi connectivity index (χ0n) is 13.7. The van der Waals surface area contributed by atoms with Gasteiger partial charge in [-0.2, -0.15) is 0 Å². The van der Waals surface area contributed by atoms with E-state index < -0.39 is 0 Å². The third-order valence-corrected chi connectivity index (χ3v) is 5.16. The molecule has 4 heterocycles. The molecule has 0 saturated heterocycles. The lowest BCUT2D eigenvalue weighted by atomic mass is 10.0. The molecule has 0 unspecified atom stereocenters. The van der Waals surface area contributed by atoms with Gasteiger partial charge in [-0.1, -0.05) is 6.07 Å². The van der Waals surface area contributed by atoms with Gasteiger partial charge in [0.1, 0.15) is 11.2 Å². The van der Waals surface area contributed by atoms with Crippen LogP contribution in [-0.2, 0) is 0 Å². The standard InChI is InChI=1S/C19H12N4O2S/c1-10-21-8-17(26-10)18-12(7-13-15(24)4-5-20-19(13)23-18)11-2-3-14-16(6-11)25-9-22-14/h2-9H,1H3,(H,20,23,24). The monoisotopic (exact) mass is 360 g/mol. The number of aryl methyl sites for hydroxylation is 1. The summed E-state index contributed by atoms with van der Waals surface area (Å²) in [7, 11) is 0. The number of oxazole rings is 1. The number of rotatable bonds is 2. The van der Waals surface area contributed by atoms with Crippen molar-refractivity contribution in [3.05, 3.63) is 64.4 Å². The number of benzene rings is 1. The lowest BCUT2D eigenvalue weighted by Gasteiger charge is -2.09. The SMILES string of the molecule is Cc1ncc(-c2nc3[nH]ccc(=O)c3cc2-c2ccc3ncoc3c2)s1. The van der Waals surface area contributed by atoms with Gasteiger partial charge in [-0.3, -0.25) is 4.79 Å². The first-order valence-corrected chi connectivity index (χ1v) is 8.79. The van der Waals surface area contributed by atoms with E-state index in [1.165, 1.54) is 12.5 Å². The van der Waals surface area contributed by atoms with Gasteiger partial charge in [0.2, 0.25) is 0 Å². The number of fused-ring (bicyclic) bond motifs is 2. The van der Waals surface area contributed by atoms with Crippen LogP contribution in [0.25, 0.3) is 43.8 Å². The van der Waals surface area contributed by atoms with Crippen molar-refractivity contribution in [2.45, 2.75) is 6.92 Å². The van der Waals surface area contributed by atoms with Gasteiger partial charge < -0.3 is 9.40 Å². The van der Waals surface area contributed by atoms with E-state index in [0.29, 0.717) is 16.6 Å². The van der Waals surface area contributed by atoms with Gasteiger partial charge in [-0.05, 0) is 30.7 Å². The lowest BCUT2D eigenvalue weighted by molar-refractivity contribution is 0.602. The minimum absolute atomic E-state index is 0.0692. The molecule has 0 amide bonds. The molecule has 0 radical (unpaired) electrons. The van der Waals surface area contributed by atoms with Crippen molar-refractivity contribution in [2.75, 3.05) is 0 Å². The molecule has 0 spiro atoms. The molecular formula is C19H12N4O2S. The summed E-state index contributed by atoms with van der Waals surface area (Å²) >= 11 is 1.57. The lowest BCUT2D eigenvalue weighted by Crippen LogP contribution is -2.03. The van der Waals surface area contributed by atoms with Crippen LogP contribution >= 0.6 is 11.3 Å². The molecule has 6 nitrogen and oxygen atoms in total. The highest BCUT2D eigenvalue weighted by Crippen LogP contribution is 2.36. The third kappa shape index (κ3) is 2.33. The Labute approximate surface area is 151 Å². The summed E-state index contributed by atoms with van der Waals surface area (Å²) < 4.78 is 5.43. The first kappa shape index (κ1) is 15.0. The van der Waals surface area contributed by atoms with E-state index in [1.54, 1.807) is 17.5 Å². The summed E-state index contributed by atoms with van der Waals surface area (Å²) in [5.74, 6) is 0. The molecule has 7 heteroatoms. The molecule has 126 valence electrons. The number of aromatic nitrogens is 4. The number of thiazole rings is 1. The molecule has 0 aliphatic carbocycles. The number of pyridine rings is 2. The largest absolute Gasteiger partial charge is 0.443 e. The predicted molar refractivity (Wildman–Crippen MR) is 101 cm³/mol. The maximum atomic E-state index is 12.3. The summed E-state index contributed by atoms with van der Waals surface area (Å²) in [6.07, 6.45) is 4.84. The van der Waals surface area contributed by atoms with Gasteiger partial charge in [0.15, 0.2) is 17.4 Å². The fraction of sp³-hybridized carbons (Fsp3) is 0.0526. The van der Waals surface area contributed by atoms with Crippen LogP contribution in [0.5, 0.6) is 0 Å². The molecular weight excluding hydrogens is 348 g/mol. The Kier molecular flexibility index (Phi) is 3.23. The Hall–Kier alpha value is -3.32. The van der Waals surface area contributed by atoms with Crippen LogP contribution in [0.15, 0.2) is 58.3 Å². The minimum Gasteiger partial charge on any atom is -0.443 e. The van der Waals surface area contributed by atoms with Crippen molar-refractivity contribution >= 4 is 33.5 Å². The molecule has 0 atom stereocenters. The highest BCUT2D eigenvalue weighted by Gasteiger charge is 2.16. The van der Waals surface area contributed by atoms with E-state index in [0.717, 1.165) is 32.2 Å². The second-order valence-electron chi connectivity index (χ2n) is 5.90. The van der Waals surface area contributed by atoms with Gasteiger partial charge in [0.25, 0.3) is 0 Å². The molecule has 0 fully saturated rings. The molecule has 1 aromatic carbocycles. The second-order valence-corrected chi connectivity index (χ2v) is 7.14. The van der Waals surface area contributed by atoms with E-state index in [2.05, 4.69) is 15.0 Å². The van der Waals surface area contributed by atoms with Crippen molar-refractivity contribution in [2.24, 2.45) is 0 Å². The summed E-state index contributed by atoms with van der Waals surface area (Å²) in [4.78, 5) is 29.5. The van der Waals surface area contributed by atoms with Gasteiger partial charge in [0, 0.05) is 24.0 Å². The Morgan fingerprint density at radius 1 is 1.15 bits per heavy atom. The highest BCUT2D eigenvalue weighted by molar-refractivity contribution is 7.15. The van der Waals surface area contributed by atoms with E-state index in [9.17, 15) is 4.79 Å². The number of H-pyrrole nitrogens is 1. The maximum Gasteiger partial charge on any atom is 0.191 e. The van der Waals surface area contributed by atoms with Crippen molar-refractivity contribution in [3.63, 3.8) is 0 Å². The van der Waals surface area contributed by atoms with Crippen LogP contribution in [0.4, 0.5) is 0 Å². The van der Waals surface area contributed by atoms with Crippen LogP contribution < -0.4 is 5.43 Å². The van der Waals surface area contributed by atoms with Crippen LogP contribution in [0.2, 0.25) is 0 Å². The van der Waals surface area contributed by atoms with E-state index in [1.807, 2.05) is 37.4 Å².